The van der Waals surface area contributed by atoms with Crippen LogP contribution in [0, 0.1) is 6.92 Å². The van der Waals surface area contributed by atoms with Crippen LogP contribution in [0.3, 0.4) is 0 Å². The smallest absolute Gasteiger partial charge is 0.256 e. The van der Waals surface area contributed by atoms with Crippen molar-refractivity contribution >= 4 is 27.7 Å². The molecular formula is C12H10BrN3O. The fraction of sp³-hybridized carbons (Fsp3) is 0.0833. The predicted molar refractivity (Wildman–Crippen MR) is 68.9 cm³/mol. The number of aryl methyl sites for hydroxylation is 1. The van der Waals surface area contributed by atoms with Crippen molar-refractivity contribution in [3.63, 3.8) is 0 Å². The highest BCUT2D eigenvalue weighted by atomic mass is 79.9. The molecule has 2 rings (SSSR count). The third kappa shape index (κ3) is 3.10. The van der Waals surface area contributed by atoms with Gasteiger partial charge in [0.15, 0.2) is 5.82 Å². The van der Waals surface area contributed by atoms with Crippen molar-refractivity contribution in [1.29, 1.82) is 0 Å². The van der Waals surface area contributed by atoms with Crippen LogP contribution in [0.2, 0.25) is 0 Å². The number of rotatable bonds is 2. The number of benzene rings is 1. The average molecular weight is 292 g/mol. The molecule has 0 fully saturated rings. The summed E-state index contributed by atoms with van der Waals surface area (Å²) in [7, 11) is 0. The Bertz CT molecular complexity index is 540. The molecule has 1 amide bonds. The van der Waals surface area contributed by atoms with E-state index >= 15 is 0 Å². The lowest BCUT2D eigenvalue weighted by atomic mass is 10.1. The van der Waals surface area contributed by atoms with Crippen molar-refractivity contribution < 1.29 is 4.79 Å². The highest BCUT2D eigenvalue weighted by Crippen LogP contribution is 2.09. The molecule has 0 spiro atoms. The number of nitrogens with one attached hydrogen (secondary N) is 1. The van der Waals surface area contributed by atoms with Crippen LogP contribution in [0.5, 0.6) is 0 Å². The van der Waals surface area contributed by atoms with Crippen molar-refractivity contribution in [2.75, 3.05) is 5.32 Å². The standard InChI is InChI=1S/C12H10BrN3O/c1-8-3-2-4-9(5-8)12(17)16-11-7-14-10(13)6-15-11/h2-7H,1H3,(H,15,16,17). The molecule has 0 aliphatic heterocycles. The third-order valence-corrected chi connectivity index (χ3v) is 2.55. The SMILES string of the molecule is Cc1cccc(C(=O)Nc2cnc(Br)cn2)c1. The first-order valence-corrected chi connectivity index (χ1v) is 5.80. The zero-order chi connectivity index (χ0) is 12.3. The second-order valence-electron chi connectivity index (χ2n) is 3.55. The van der Waals surface area contributed by atoms with Gasteiger partial charge in [-0.3, -0.25) is 4.79 Å². The van der Waals surface area contributed by atoms with E-state index in [4.69, 9.17) is 0 Å². The quantitative estimate of drug-likeness (QED) is 0.926. The van der Waals surface area contributed by atoms with Gasteiger partial charge in [0, 0.05) is 5.56 Å². The first-order valence-electron chi connectivity index (χ1n) is 5.01. The van der Waals surface area contributed by atoms with E-state index in [1.165, 1.54) is 12.4 Å². The largest absolute Gasteiger partial charge is 0.305 e. The molecule has 0 radical (unpaired) electrons. The Hall–Kier alpha value is -1.75. The topological polar surface area (TPSA) is 54.9 Å². The van der Waals surface area contributed by atoms with E-state index in [-0.39, 0.29) is 5.91 Å². The summed E-state index contributed by atoms with van der Waals surface area (Å²) in [5, 5.41) is 2.68. The van der Waals surface area contributed by atoms with Crippen LogP contribution < -0.4 is 5.32 Å². The number of nitrogens with zero attached hydrogens (tertiary/aromatic N) is 2. The fourth-order valence-electron chi connectivity index (χ4n) is 1.35. The Labute approximate surface area is 107 Å². The summed E-state index contributed by atoms with van der Waals surface area (Å²) in [5.41, 5.74) is 1.65. The summed E-state index contributed by atoms with van der Waals surface area (Å²) in [4.78, 5) is 19.9. The maximum atomic E-state index is 11.9. The number of hydrogen-bond acceptors (Lipinski definition) is 3. The summed E-state index contributed by atoms with van der Waals surface area (Å²) < 4.78 is 0.631. The first kappa shape index (κ1) is 11.7. The lowest BCUT2D eigenvalue weighted by Crippen LogP contribution is -2.13. The first-order chi connectivity index (χ1) is 8.15. The van der Waals surface area contributed by atoms with Gasteiger partial charge in [0.1, 0.15) is 4.60 Å². The summed E-state index contributed by atoms with van der Waals surface area (Å²) in [6, 6.07) is 7.37. The molecule has 1 aromatic carbocycles. The molecule has 0 aliphatic rings. The number of halogens is 1. The van der Waals surface area contributed by atoms with E-state index < -0.39 is 0 Å². The number of carbonyl (C=O) groups is 1. The third-order valence-electron chi connectivity index (χ3n) is 2.14. The van der Waals surface area contributed by atoms with Gasteiger partial charge < -0.3 is 5.32 Å². The van der Waals surface area contributed by atoms with Gasteiger partial charge >= 0.3 is 0 Å². The van der Waals surface area contributed by atoms with Crippen LogP contribution in [0.15, 0.2) is 41.3 Å². The Morgan fingerprint density at radius 3 is 2.76 bits per heavy atom. The van der Waals surface area contributed by atoms with Crippen molar-refractivity contribution in [3.8, 4) is 0 Å². The molecule has 0 aliphatic carbocycles. The molecular weight excluding hydrogens is 282 g/mol. The van der Waals surface area contributed by atoms with Crippen LogP contribution >= 0.6 is 15.9 Å². The van der Waals surface area contributed by atoms with E-state index in [2.05, 4.69) is 31.2 Å². The molecule has 1 heterocycles. The molecule has 4 nitrogen and oxygen atoms in total. The zero-order valence-electron chi connectivity index (χ0n) is 9.14. The molecule has 2 aromatic rings. The Morgan fingerprint density at radius 1 is 1.29 bits per heavy atom. The molecule has 0 saturated heterocycles. The predicted octanol–water partition coefficient (Wildman–Crippen LogP) is 2.80. The summed E-state index contributed by atoms with van der Waals surface area (Å²) in [6.07, 6.45) is 3.03. The second kappa shape index (κ2) is 5.05. The lowest BCUT2D eigenvalue weighted by molar-refractivity contribution is 0.102. The van der Waals surface area contributed by atoms with Crippen LogP contribution in [-0.2, 0) is 0 Å². The van der Waals surface area contributed by atoms with E-state index in [9.17, 15) is 4.79 Å². The Kier molecular flexibility index (Phi) is 3.49. The minimum absolute atomic E-state index is 0.190. The molecule has 17 heavy (non-hydrogen) atoms. The van der Waals surface area contributed by atoms with Gasteiger partial charge in [-0.25, -0.2) is 9.97 Å². The number of carbonyl (C=O) groups excluding carboxylic acids is 1. The maximum Gasteiger partial charge on any atom is 0.256 e. The minimum atomic E-state index is -0.190. The normalized spacial score (nSPS) is 10.0. The van der Waals surface area contributed by atoms with E-state index in [1.54, 1.807) is 6.07 Å². The number of aromatic nitrogens is 2. The van der Waals surface area contributed by atoms with Crippen molar-refractivity contribution in [2.45, 2.75) is 6.92 Å². The summed E-state index contributed by atoms with van der Waals surface area (Å²) >= 11 is 3.18. The molecule has 1 N–H and O–H groups in total. The highest BCUT2D eigenvalue weighted by Gasteiger charge is 2.06. The second-order valence-corrected chi connectivity index (χ2v) is 4.36. The highest BCUT2D eigenvalue weighted by molar-refractivity contribution is 9.10. The minimum Gasteiger partial charge on any atom is -0.305 e. The van der Waals surface area contributed by atoms with E-state index in [0.717, 1.165) is 5.56 Å². The number of anilines is 1. The average Bonchev–Trinajstić information content (AvgIpc) is 2.32. The number of amides is 1. The van der Waals surface area contributed by atoms with Gasteiger partial charge in [-0.15, -0.1) is 0 Å². The summed E-state index contributed by atoms with van der Waals surface area (Å²) in [6.45, 7) is 1.94. The van der Waals surface area contributed by atoms with Crippen molar-refractivity contribution in [3.05, 3.63) is 52.4 Å². The van der Waals surface area contributed by atoms with Crippen LogP contribution in [0.25, 0.3) is 0 Å². The van der Waals surface area contributed by atoms with E-state index in [1.807, 2.05) is 25.1 Å². The molecule has 0 unspecified atom stereocenters. The molecule has 1 aromatic heterocycles. The number of hydrogen-bond donors (Lipinski definition) is 1. The van der Waals surface area contributed by atoms with Gasteiger partial charge in [0.05, 0.1) is 12.4 Å². The van der Waals surface area contributed by atoms with Crippen LogP contribution in [0.1, 0.15) is 15.9 Å². The van der Waals surface area contributed by atoms with Gasteiger partial charge in [0.2, 0.25) is 0 Å². The van der Waals surface area contributed by atoms with Gasteiger partial charge in [-0.05, 0) is 35.0 Å². The van der Waals surface area contributed by atoms with Gasteiger partial charge in [0.25, 0.3) is 5.91 Å². The van der Waals surface area contributed by atoms with Gasteiger partial charge in [-0.1, -0.05) is 17.7 Å². The molecule has 0 bridgehead atoms. The molecule has 86 valence electrons. The molecule has 0 saturated carbocycles. The monoisotopic (exact) mass is 291 g/mol. The van der Waals surface area contributed by atoms with E-state index in [0.29, 0.717) is 16.0 Å². The maximum absolute atomic E-state index is 11.9. The Morgan fingerprint density at radius 2 is 2.12 bits per heavy atom. The zero-order valence-corrected chi connectivity index (χ0v) is 10.7. The summed E-state index contributed by atoms with van der Waals surface area (Å²) in [5.74, 6) is 0.241. The van der Waals surface area contributed by atoms with Crippen molar-refractivity contribution in [2.24, 2.45) is 0 Å². The van der Waals surface area contributed by atoms with Crippen LogP contribution in [0.4, 0.5) is 5.82 Å². The molecule has 0 atom stereocenters. The Balaban J connectivity index is 2.14. The van der Waals surface area contributed by atoms with Crippen LogP contribution in [-0.4, -0.2) is 15.9 Å². The fourth-order valence-corrected chi connectivity index (χ4v) is 1.56. The molecule has 5 heteroatoms. The van der Waals surface area contributed by atoms with Gasteiger partial charge in [-0.2, -0.15) is 0 Å². The van der Waals surface area contributed by atoms with Crippen molar-refractivity contribution in [1.82, 2.24) is 9.97 Å². The lowest BCUT2D eigenvalue weighted by Gasteiger charge is -2.04.